The zero-order valence-electron chi connectivity index (χ0n) is 14.7. The molecule has 1 amide bonds. The average Bonchev–Trinajstić information content (AvgIpc) is 2.93. The Morgan fingerprint density at radius 1 is 1.25 bits per heavy atom. The fourth-order valence-electron chi connectivity index (χ4n) is 3.41. The lowest BCUT2D eigenvalue weighted by molar-refractivity contribution is -0.125. The van der Waals surface area contributed by atoms with Gasteiger partial charge in [-0.05, 0) is 51.7 Å². The molecule has 2 aliphatic rings. The van der Waals surface area contributed by atoms with E-state index in [0.717, 1.165) is 43.0 Å². The van der Waals surface area contributed by atoms with E-state index in [-0.39, 0.29) is 18.6 Å². The largest absolute Gasteiger partial charge is 0.454 e. The van der Waals surface area contributed by atoms with Gasteiger partial charge in [0.25, 0.3) is 0 Å². The maximum Gasteiger partial charge on any atom is 0.231 e. The first kappa shape index (κ1) is 17.0. The van der Waals surface area contributed by atoms with Crippen LogP contribution in [0.1, 0.15) is 18.4 Å². The first-order valence-corrected chi connectivity index (χ1v) is 8.54. The molecular formula is C18H27N3O3. The molecule has 0 saturated carbocycles. The van der Waals surface area contributed by atoms with E-state index in [1.165, 1.54) is 0 Å². The molecule has 24 heavy (non-hydrogen) atoms. The van der Waals surface area contributed by atoms with E-state index in [9.17, 15) is 4.79 Å². The Kier molecular flexibility index (Phi) is 5.26. The zero-order chi connectivity index (χ0) is 17.1. The van der Waals surface area contributed by atoms with Crippen LogP contribution in [-0.4, -0.2) is 62.8 Å². The van der Waals surface area contributed by atoms with E-state index >= 15 is 0 Å². The number of rotatable bonds is 4. The lowest BCUT2D eigenvalue weighted by atomic mass is 10.0. The number of nitrogens with one attached hydrogen (secondary N) is 1. The van der Waals surface area contributed by atoms with E-state index in [4.69, 9.17) is 9.47 Å². The zero-order valence-corrected chi connectivity index (χ0v) is 14.7. The predicted octanol–water partition coefficient (Wildman–Crippen LogP) is 1.30. The lowest BCUT2D eigenvalue weighted by Gasteiger charge is -2.25. The van der Waals surface area contributed by atoms with Crippen molar-refractivity contribution >= 4 is 5.91 Å². The van der Waals surface area contributed by atoms with E-state index < -0.39 is 0 Å². The molecule has 2 atom stereocenters. The second-order valence-electron chi connectivity index (χ2n) is 7.02. The number of amides is 1. The summed E-state index contributed by atoms with van der Waals surface area (Å²) < 4.78 is 10.7. The number of benzene rings is 1. The molecule has 2 aliphatic heterocycles. The number of ether oxygens (including phenoxy) is 2. The van der Waals surface area contributed by atoms with Gasteiger partial charge in [0.15, 0.2) is 11.5 Å². The van der Waals surface area contributed by atoms with Gasteiger partial charge in [0.1, 0.15) is 0 Å². The Balaban J connectivity index is 1.54. The summed E-state index contributed by atoms with van der Waals surface area (Å²) in [5, 5.41) is 3.08. The highest BCUT2D eigenvalue weighted by Gasteiger charge is 2.27. The van der Waals surface area contributed by atoms with Crippen molar-refractivity contribution in [2.45, 2.75) is 25.4 Å². The monoisotopic (exact) mass is 333 g/mol. The van der Waals surface area contributed by atoms with Gasteiger partial charge in [-0.15, -0.1) is 0 Å². The summed E-state index contributed by atoms with van der Waals surface area (Å²) in [5.41, 5.74) is 1.03. The van der Waals surface area contributed by atoms with Crippen LogP contribution in [0.15, 0.2) is 18.2 Å². The summed E-state index contributed by atoms with van der Waals surface area (Å²) in [5.74, 6) is 1.71. The Hall–Kier alpha value is -1.79. The van der Waals surface area contributed by atoms with Crippen LogP contribution in [0.25, 0.3) is 0 Å². The highest BCUT2D eigenvalue weighted by atomic mass is 16.7. The Labute approximate surface area is 143 Å². The number of hydrogen-bond donors (Lipinski definition) is 1. The van der Waals surface area contributed by atoms with E-state index in [1.807, 2.05) is 18.2 Å². The number of likely N-dealkylation sites (N-methyl/N-ethyl adjacent to an activating group) is 2. The Morgan fingerprint density at radius 2 is 2.04 bits per heavy atom. The van der Waals surface area contributed by atoms with Gasteiger partial charge in [-0.2, -0.15) is 0 Å². The molecule has 132 valence electrons. The second-order valence-corrected chi connectivity index (χ2v) is 7.02. The normalized spacial score (nSPS) is 24.0. The third kappa shape index (κ3) is 3.99. The van der Waals surface area contributed by atoms with Gasteiger partial charge in [0.2, 0.25) is 12.7 Å². The summed E-state index contributed by atoms with van der Waals surface area (Å²) in [6.45, 7) is 2.62. The molecule has 2 heterocycles. The molecule has 0 bridgehead atoms. The summed E-state index contributed by atoms with van der Waals surface area (Å²) in [6.07, 6.45) is 1.99. The van der Waals surface area contributed by atoms with Crippen molar-refractivity contribution in [1.29, 1.82) is 0 Å². The number of likely N-dealkylation sites (tertiary alicyclic amines) is 1. The van der Waals surface area contributed by atoms with Crippen LogP contribution in [0.4, 0.5) is 0 Å². The molecule has 1 aromatic rings. The van der Waals surface area contributed by atoms with E-state index in [1.54, 1.807) is 0 Å². The number of carbonyl (C=O) groups is 1. The lowest BCUT2D eigenvalue weighted by Crippen LogP contribution is -2.39. The molecule has 6 nitrogen and oxygen atoms in total. The number of carbonyl (C=O) groups excluding carboxylic acids is 1. The predicted molar refractivity (Wildman–Crippen MR) is 92.1 cm³/mol. The molecule has 3 rings (SSSR count). The van der Waals surface area contributed by atoms with Gasteiger partial charge in [-0.25, -0.2) is 0 Å². The van der Waals surface area contributed by atoms with Crippen molar-refractivity contribution in [3.8, 4) is 11.5 Å². The van der Waals surface area contributed by atoms with E-state index in [0.29, 0.717) is 12.6 Å². The molecule has 0 aliphatic carbocycles. The van der Waals surface area contributed by atoms with Gasteiger partial charge in [0.05, 0.1) is 5.92 Å². The molecule has 6 heteroatoms. The molecular weight excluding hydrogens is 306 g/mol. The standard InChI is InChI=1S/C18H27N3O3/c1-20(2)15-6-5-14(10-21(3)11-15)18(22)19-9-13-4-7-16-17(8-13)24-12-23-16/h4,7-8,14-15H,5-6,9-12H2,1-3H3,(H,19,22)/t14-,15+/m1/s1. The second kappa shape index (κ2) is 7.40. The number of nitrogens with zero attached hydrogens (tertiary/aromatic N) is 2. The molecule has 0 unspecified atom stereocenters. The maximum absolute atomic E-state index is 12.6. The summed E-state index contributed by atoms with van der Waals surface area (Å²) in [7, 11) is 6.32. The smallest absolute Gasteiger partial charge is 0.231 e. The summed E-state index contributed by atoms with van der Waals surface area (Å²) >= 11 is 0. The molecule has 0 radical (unpaired) electrons. The minimum atomic E-state index is 0.0500. The van der Waals surface area contributed by atoms with Crippen LogP contribution in [-0.2, 0) is 11.3 Å². The fraction of sp³-hybridized carbons (Fsp3) is 0.611. The number of hydrogen-bond acceptors (Lipinski definition) is 5. The maximum atomic E-state index is 12.6. The van der Waals surface area contributed by atoms with Crippen molar-refractivity contribution < 1.29 is 14.3 Å². The minimum absolute atomic E-state index is 0.0500. The van der Waals surface area contributed by atoms with Crippen molar-refractivity contribution in [2.24, 2.45) is 5.92 Å². The molecule has 1 N–H and O–H groups in total. The molecule has 1 aromatic carbocycles. The van der Waals surface area contributed by atoms with Crippen molar-refractivity contribution in [3.63, 3.8) is 0 Å². The molecule has 0 aromatic heterocycles. The Morgan fingerprint density at radius 3 is 2.83 bits per heavy atom. The van der Waals surface area contributed by atoms with Crippen molar-refractivity contribution in [3.05, 3.63) is 23.8 Å². The van der Waals surface area contributed by atoms with Crippen molar-refractivity contribution in [2.75, 3.05) is 41.0 Å². The molecule has 1 saturated heterocycles. The first-order chi connectivity index (χ1) is 11.5. The quantitative estimate of drug-likeness (QED) is 0.900. The third-order valence-electron chi connectivity index (χ3n) is 4.91. The van der Waals surface area contributed by atoms with Crippen LogP contribution < -0.4 is 14.8 Å². The van der Waals surface area contributed by atoms with Gasteiger partial charge in [-0.3, -0.25) is 4.79 Å². The van der Waals surface area contributed by atoms with Crippen LogP contribution in [0.2, 0.25) is 0 Å². The highest BCUT2D eigenvalue weighted by Crippen LogP contribution is 2.32. The van der Waals surface area contributed by atoms with Crippen molar-refractivity contribution in [1.82, 2.24) is 15.1 Å². The minimum Gasteiger partial charge on any atom is -0.454 e. The van der Waals surface area contributed by atoms with Crippen LogP contribution in [0, 0.1) is 5.92 Å². The van der Waals surface area contributed by atoms with Crippen LogP contribution >= 0.6 is 0 Å². The van der Waals surface area contributed by atoms with Crippen LogP contribution in [0.5, 0.6) is 11.5 Å². The Bertz CT molecular complexity index is 591. The number of fused-ring (bicyclic) bond motifs is 1. The SMILES string of the molecule is CN1C[C@H](C(=O)NCc2ccc3c(c2)OCO3)CC[C@H](N(C)C)C1. The first-order valence-electron chi connectivity index (χ1n) is 8.54. The highest BCUT2D eigenvalue weighted by molar-refractivity contribution is 5.78. The van der Waals surface area contributed by atoms with Crippen LogP contribution in [0.3, 0.4) is 0 Å². The molecule has 1 fully saturated rings. The van der Waals surface area contributed by atoms with Gasteiger partial charge in [-0.1, -0.05) is 6.07 Å². The fourth-order valence-corrected chi connectivity index (χ4v) is 3.41. The third-order valence-corrected chi connectivity index (χ3v) is 4.91. The van der Waals surface area contributed by atoms with Gasteiger partial charge < -0.3 is 24.6 Å². The molecule has 0 spiro atoms. The summed E-state index contributed by atoms with van der Waals surface area (Å²) in [4.78, 5) is 17.1. The topological polar surface area (TPSA) is 54.0 Å². The summed E-state index contributed by atoms with van der Waals surface area (Å²) in [6, 6.07) is 6.31. The van der Waals surface area contributed by atoms with Gasteiger partial charge in [0, 0.05) is 25.7 Å². The average molecular weight is 333 g/mol. The van der Waals surface area contributed by atoms with Gasteiger partial charge >= 0.3 is 0 Å². The van der Waals surface area contributed by atoms with E-state index in [2.05, 4.69) is 36.3 Å².